The minimum atomic E-state index is 0.272. The van der Waals surface area contributed by atoms with Gasteiger partial charge in [-0.3, -0.25) is 0 Å². The van der Waals surface area contributed by atoms with Crippen LogP contribution in [-0.4, -0.2) is 24.3 Å². The molecule has 0 radical (unpaired) electrons. The zero-order chi connectivity index (χ0) is 20.1. The standard InChI is InChI=1S/C22H24N4O3/c1-3-23-22(24-11-16-6-9-19-20(10-16)29-14-28-19)25-12-18-13-27-21(26-18)17-7-4-15(2)5-8-17/h4-10,13H,3,11-12,14H2,1-2H3,(H2,23,24,25). The van der Waals surface area contributed by atoms with E-state index in [-0.39, 0.29) is 6.79 Å². The van der Waals surface area contributed by atoms with Gasteiger partial charge in [-0.2, -0.15) is 0 Å². The fourth-order valence-electron chi connectivity index (χ4n) is 2.94. The number of nitrogens with zero attached hydrogens (tertiary/aromatic N) is 2. The number of hydrogen-bond donors (Lipinski definition) is 2. The molecular formula is C22H24N4O3. The summed E-state index contributed by atoms with van der Waals surface area (Å²) in [5.74, 6) is 2.87. The van der Waals surface area contributed by atoms with Crippen molar-refractivity contribution < 1.29 is 13.9 Å². The van der Waals surface area contributed by atoms with Crippen molar-refractivity contribution in [2.45, 2.75) is 26.9 Å². The number of guanidine groups is 1. The summed E-state index contributed by atoms with van der Waals surface area (Å²) >= 11 is 0. The molecule has 2 aromatic carbocycles. The van der Waals surface area contributed by atoms with Crippen molar-refractivity contribution in [2.75, 3.05) is 13.3 Å². The van der Waals surface area contributed by atoms with Gasteiger partial charge in [0, 0.05) is 12.1 Å². The third-order valence-electron chi connectivity index (χ3n) is 4.49. The summed E-state index contributed by atoms with van der Waals surface area (Å²) in [4.78, 5) is 9.20. The van der Waals surface area contributed by atoms with Gasteiger partial charge in [0.1, 0.15) is 6.26 Å². The molecule has 150 valence electrons. The Morgan fingerprint density at radius 2 is 1.90 bits per heavy atom. The van der Waals surface area contributed by atoms with Gasteiger partial charge in [-0.1, -0.05) is 23.8 Å². The van der Waals surface area contributed by atoms with Crippen LogP contribution in [0.1, 0.15) is 23.7 Å². The first-order valence-electron chi connectivity index (χ1n) is 9.63. The number of fused-ring (bicyclic) bond motifs is 1. The van der Waals surface area contributed by atoms with Gasteiger partial charge in [-0.15, -0.1) is 0 Å². The Kier molecular flexibility index (Phi) is 5.65. The van der Waals surface area contributed by atoms with Gasteiger partial charge in [-0.05, 0) is 43.7 Å². The first kappa shape index (κ1) is 18.9. The molecule has 0 saturated heterocycles. The number of aromatic nitrogens is 1. The topological polar surface area (TPSA) is 80.9 Å². The lowest BCUT2D eigenvalue weighted by atomic mass is 10.1. The Bertz CT molecular complexity index is 996. The molecule has 0 unspecified atom stereocenters. The molecule has 0 fully saturated rings. The predicted molar refractivity (Wildman–Crippen MR) is 111 cm³/mol. The average molecular weight is 392 g/mol. The molecule has 0 saturated carbocycles. The number of aryl methyl sites for hydroxylation is 1. The van der Waals surface area contributed by atoms with Crippen LogP contribution in [0.2, 0.25) is 0 Å². The Morgan fingerprint density at radius 1 is 1.07 bits per heavy atom. The molecular weight excluding hydrogens is 368 g/mol. The molecule has 1 aliphatic rings. The molecule has 29 heavy (non-hydrogen) atoms. The second kappa shape index (κ2) is 8.68. The van der Waals surface area contributed by atoms with Crippen LogP contribution in [0.15, 0.2) is 58.1 Å². The molecule has 0 atom stereocenters. The monoisotopic (exact) mass is 392 g/mol. The van der Waals surface area contributed by atoms with Crippen LogP contribution in [0.5, 0.6) is 11.5 Å². The number of hydrogen-bond acceptors (Lipinski definition) is 5. The largest absolute Gasteiger partial charge is 0.454 e. The summed E-state index contributed by atoms with van der Waals surface area (Å²) in [7, 11) is 0. The average Bonchev–Trinajstić information content (AvgIpc) is 3.39. The third kappa shape index (κ3) is 4.68. The van der Waals surface area contributed by atoms with Crippen LogP contribution in [0.3, 0.4) is 0 Å². The highest BCUT2D eigenvalue weighted by Crippen LogP contribution is 2.32. The van der Waals surface area contributed by atoms with Crippen molar-refractivity contribution in [3.63, 3.8) is 0 Å². The number of nitrogens with one attached hydrogen (secondary N) is 2. The molecule has 7 nitrogen and oxygen atoms in total. The number of oxazole rings is 1. The highest BCUT2D eigenvalue weighted by atomic mass is 16.7. The Morgan fingerprint density at radius 3 is 2.72 bits per heavy atom. The summed E-state index contributed by atoms with van der Waals surface area (Å²) < 4.78 is 16.4. The van der Waals surface area contributed by atoms with Gasteiger partial charge in [0.05, 0.1) is 18.8 Å². The van der Waals surface area contributed by atoms with E-state index in [0.29, 0.717) is 24.9 Å². The highest BCUT2D eigenvalue weighted by Gasteiger charge is 2.13. The normalized spacial score (nSPS) is 12.8. The van der Waals surface area contributed by atoms with Crippen molar-refractivity contribution >= 4 is 5.96 Å². The van der Waals surface area contributed by atoms with Crippen molar-refractivity contribution in [2.24, 2.45) is 4.99 Å². The van der Waals surface area contributed by atoms with Crippen LogP contribution >= 0.6 is 0 Å². The molecule has 7 heteroatoms. The molecule has 0 bridgehead atoms. The van der Waals surface area contributed by atoms with E-state index in [1.54, 1.807) is 6.26 Å². The summed E-state index contributed by atoms with van der Waals surface area (Å²) in [5, 5.41) is 6.54. The fraction of sp³-hybridized carbons (Fsp3) is 0.273. The van der Waals surface area contributed by atoms with Crippen molar-refractivity contribution in [1.29, 1.82) is 0 Å². The van der Waals surface area contributed by atoms with Gasteiger partial charge in [0.15, 0.2) is 17.5 Å². The molecule has 0 amide bonds. The smallest absolute Gasteiger partial charge is 0.231 e. The Balaban J connectivity index is 1.38. The van der Waals surface area contributed by atoms with Crippen molar-refractivity contribution in [3.8, 4) is 23.0 Å². The Labute approximate surface area is 169 Å². The zero-order valence-corrected chi connectivity index (χ0v) is 16.6. The number of ether oxygens (including phenoxy) is 2. The van der Waals surface area contributed by atoms with E-state index in [1.165, 1.54) is 5.56 Å². The fourth-order valence-corrected chi connectivity index (χ4v) is 2.94. The summed E-state index contributed by atoms with van der Waals surface area (Å²) in [5.41, 5.74) is 4.03. The molecule has 1 aliphatic heterocycles. The van der Waals surface area contributed by atoms with E-state index in [0.717, 1.165) is 34.9 Å². The first-order chi connectivity index (χ1) is 14.2. The van der Waals surface area contributed by atoms with Crippen LogP contribution in [0, 0.1) is 6.92 Å². The molecule has 1 aromatic heterocycles. The maximum absolute atomic E-state index is 5.62. The summed E-state index contributed by atoms with van der Waals surface area (Å²) in [6.45, 7) is 6.17. The van der Waals surface area contributed by atoms with Crippen molar-refractivity contribution in [3.05, 3.63) is 65.5 Å². The third-order valence-corrected chi connectivity index (χ3v) is 4.49. The van der Waals surface area contributed by atoms with E-state index in [4.69, 9.17) is 13.9 Å². The van der Waals surface area contributed by atoms with E-state index in [2.05, 4.69) is 27.5 Å². The summed E-state index contributed by atoms with van der Waals surface area (Å²) in [6, 6.07) is 14.0. The predicted octanol–water partition coefficient (Wildman–Crippen LogP) is 3.63. The highest BCUT2D eigenvalue weighted by molar-refractivity contribution is 5.79. The molecule has 4 rings (SSSR count). The van der Waals surface area contributed by atoms with Gasteiger partial charge in [0.2, 0.25) is 12.7 Å². The number of rotatable bonds is 6. The molecule has 0 aliphatic carbocycles. The lowest BCUT2D eigenvalue weighted by molar-refractivity contribution is 0.174. The minimum absolute atomic E-state index is 0.272. The molecule has 2 heterocycles. The van der Waals surface area contributed by atoms with Gasteiger partial charge in [-0.25, -0.2) is 9.98 Å². The lowest BCUT2D eigenvalue weighted by Gasteiger charge is -2.10. The van der Waals surface area contributed by atoms with E-state index < -0.39 is 0 Å². The maximum atomic E-state index is 5.62. The number of benzene rings is 2. The van der Waals surface area contributed by atoms with E-state index in [9.17, 15) is 0 Å². The van der Waals surface area contributed by atoms with Crippen LogP contribution in [0.25, 0.3) is 11.5 Å². The molecule has 0 spiro atoms. The molecule has 3 aromatic rings. The molecule has 2 N–H and O–H groups in total. The first-order valence-corrected chi connectivity index (χ1v) is 9.63. The quantitative estimate of drug-likeness (QED) is 0.492. The SMILES string of the molecule is CCNC(=NCc1ccc2c(c1)OCO2)NCc1coc(-c2ccc(C)cc2)n1. The van der Waals surface area contributed by atoms with Gasteiger partial charge >= 0.3 is 0 Å². The minimum Gasteiger partial charge on any atom is -0.454 e. The van der Waals surface area contributed by atoms with Crippen LogP contribution < -0.4 is 20.1 Å². The lowest BCUT2D eigenvalue weighted by Crippen LogP contribution is -2.36. The van der Waals surface area contributed by atoms with E-state index >= 15 is 0 Å². The van der Waals surface area contributed by atoms with Gasteiger partial charge < -0.3 is 24.5 Å². The van der Waals surface area contributed by atoms with Crippen LogP contribution in [-0.2, 0) is 13.1 Å². The second-order valence-corrected chi connectivity index (χ2v) is 6.75. The number of aliphatic imine (C=N–C) groups is 1. The van der Waals surface area contributed by atoms with Crippen LogP contribution in [0.4, 0.5) is 0 Å². The zero-order valence-electron chi connectivity index (χ0n) is 16.6. The van der Waals surface area contributed by atoms with E-state index in [1.807, 2.05) is 49.4 Å². The van der Waals surface area contributed by atoms with Crippen molar-refractivity contribution in [1.82, 2.24) is 15.6 Å². The Hall–Kier alpha value is -3.48. The van der Waals surface area contributed by atoms with Gasteiger partial charge in [0.25, 0.3) is 0 Å². The second-order valence-electron chi connectivity index (χ2n) is 6.75. The maximum Gasteiger partial charge on any atom is 0.231 e. The summed E-state index contributed by atoms with van der Waals surface area (Å²) in [6.07, 6.45) is 1.67.